The van der Waals surface area contributed by atoms with Crippen molar-refractivity contribution < 1.29 is 4.79 Å². The van der Waals surface area contributed by atoms with Gasteiger partial charge in [-0.1, -0.05) is 0 Å². The fourth-order valence-corrected chi connectivity index (χ4v) is 1.71. The van der Waals surface area contributed by atoms with E-state index in [1.165, 1.54) is 0 Å². The first kappa shape index (κ1) is 11.6. The van der Waals surface area contributed by atoms with Gasteiger partial charge in [0.25, 0.3) is 0 Å². The number of ketones is 1. The molecular formula is C10H21N3O. The average Bonchev–Trinajstić information content (AvgIpc) is 2.19. The molecule has 0 spiro atoms. The average molecular weight is 199 g/mol. The first-order valence-corrected chi connectivity index (χ1v) is 5.21. The molecular weight excluding hydrogens is 178 g/mol. The molecule has 1 aliphatic rings. The van der Waals surface area contributed by atoms with Crippen molar-refractivity contribution in [1.29, 1.82) is 0 Å². The Balaban J connectivity index is 2.54. The van der Waals surface area contributed by atoms with Crippen molar-refractivity contribution in [2.75, 3.05) is 46.8 Å². The predicted molar refractivity (Wildman–Crippen MR) is 57.5 cm³/mol. The number of nitrogens with one attached hydrogen (secondary N) is 1. The number of nitrogens with zero attached hydrogens (tertiary/aromatic N) is 2. The topological polar surface area (TPSA) is 35.6 Å². The number of carbonyl (C=O) groups excluding carboxylic acids is 1. The predicted octanol–water partition coefficient (Wildman–Crippen LogP) is -0.589. The third-order valence-corrected chi connectivity index (χ3v) is 2.84. The molecule has 0 aromatic heterocycles. The highest BCUT2D eigenvalue weighted by Crippen LogP contribution is 1.99. The van der Waals surface area contributed by atoms with Crippen molar-refractivity contribution in [1.82, 2.24) is 15.1 Å². The van der Waals surface area contributed by atoms with Crippen LogP contribution in [0.2, 0.25) is 0 Å². The highest BCUT2D eigenvalue weighted by molar-refractivity contribution is 5.81. The van der Waals surface area contributed by atoms with Crippen LogP contribution in [0.5, 0.6) is 0 Å². The van der Waals surface area contributed by atoms with Crippen LogP contribution in [0, 0.1) is 0 Å². The minimum Gasteiger partial charge on any atom is -0.313 e. The van der Waals surface area contributed by atoms with Crippen LogP contribution in [0.15, 0.2) is 0 Å². The van der Waals surface area contributed by atoms with Gasteiger partial charge in [0.05, 0.1) is 6.04 Å². The summed E-state index contributed by atoms with van der Waals surface area (Å²) in [6.45, 7) is 6.46. The molecule has 4 nitrogen and oxygen atoms in total. The molecule has 1 N–H and O–H groups in total. The van der Waals surface area contributed by atoms with E-state index < -0.39 is 0 Å². The van der Waals surface area contributed by atoms with Crippen molar-refractivity contribution in [3.8, 4) is 0 Å². The minimum absolute atomic E-state index is 0.0431. The Morgan fingerprint density at radius 1 is 1.29 bits per heavy atom. The minimum atomic E-state index is 0.0431. The summed E-state index contributed by atoms with van der Waals surface area (Å²) in [6.07, 6.45) is 0. The normalized spacial score (nSPS) is 27.8. The number of carbonyl (C=O) groups is 1. The molecule has 1 unspecified atom stereocenters. The molecule has 1 heterocycles. The van der Waals surface area contributed by atoms with E-state index in [2.05, 4.69) is 22.2 Å². The first-order valence-electron chi connectivity index (χ1n) is 5.21. The van der Waals surface area contributed by atoms with Gasteiger partial charge < -0.3 is 10.2 Å². The van der Waals surface area contributed by atoms with Gasteiger partial charge in [-0.25, -0.2) is 0 Å². The van der Waals surface area contributed by atoms with E-state index >= 15 is 0 Å². The summed E-state index contributed by atoms with van der Waals surface area (Å²) in [4.78, 5) is 15.8. The largest absolute Gasteiger partial charge is 0.313 e. The highest BCUT2D eigenvalue weighted by Gasteiger charge is 2.20. The number of likely N-dealkylation sites (N-methyl/N-ethyl adjacent to an activating group) is 2. The van der Waals surface area contributed by atoms with Gasteiger partial charge in [0.1, 0.15) is 5.78 Å². The first-order chi connectivity index (χ1) is 6.61. The summed E-state index contributed by atoms with van der Waals surface area (Å²) in [5, 5.41) is 3.32. The summed E-state index contributed by atoms with van der Waals surface area (Å²) in [5.41, 5.74) is 0. The molecule has 1 saturated heterocycles. The van der Waals surface area contributed by atoms with Crippen LogP contribution in [0.4, 0.5) is 0 Å². The molecule has 1 atom stereocenters. The summed E-state index contributed by atoms with van der Waals surface area (Å²) < 4.78 is 0. The van der Waals surface area contributed by atoms with Crippen LogP contribution in [0.3, 0.4) is 0 Å². The molecule has 1 aliphatic heterocycles. The summed E-state index contributed by atoms with van der Waals surface area (Å²) in [5.74, 6) is 0.254. The molecule has 0 radical (unpaired) electrons. The van der Waals surface area contributed by atoms with Crippen molar-refractivity contribution in [2.24, 2.45) is 0 Å². The lowest BCUT2D eigenvalue weighted by Gasteiger charge is -2.25. The van der Waals surface area contributed by atoms with E-state index in [-0.39, 0.29) is 11.8 Å². The lowest BCUT2D eigenvalue weighted by Crippen LogP contribution is -2.45. The van der Waals surface area contributed by atoms with E-state index in [1.807, 2.05) is 7.05 Å². The Kier molecular flexibility index (Phi) is 4.51. The molecule has 1 rings (SSSR count). The van der Waals surface area contributed by atoms with Crippen LogP contribution in [0.1, 0.15) is 6.92 Å². The second-order valence-electron chi connectivity index (χ2n) is 4.11. The smallest absolute Gasteiger partial charge is 0.148 e. The van der Waals surface area contributed by atoms with Crippen LogP contribution in [-0.4, -0.2) is 68.4 Å². The monoisotopic (exact) mass is 199 g/mol. The van der Waals surface area contributed by atoms with Crippen LogP contribution in [-0.2, 0) is 4.79 Å². The molecule has 4 heteroatoms. The Labute approximate surface area is 86.2 Å². The molecule has 0 amide bonds. The Hall–Kier alpha value is -0.450. The van der Waals surface area contributed by atoms with Gasteiger partial charge in [-0.2, -0.15) is 0 Å². The summed E-state index contributed by atoms with van der Waals surface area (Å²) in [7, 11) is 4.14. The van der Waals surface area contributed by atoms with Gasteiger partial charge in [0, 0.05) is 32.7 Å². The fraction of sp³-hybridized carbons (Fsp3) is 0.900. The number of Topliss-reactive ketones (excluding diaryl/α,β-unsaturated/α-hetero) is 1. The molecule has 0 aliphatic carbocycles. The van der Waals surface area contributed by atoms with E-state index in [4.69, 9.17) is 0 Å². The molecule has 14 heavy (non-hydrogen) atoms. The van der Waals surface area contributed by atoms with E-state index in [0.29, 0.717) is 0 Å². The third-order valence-electron chi connectivity index (χ3n) is 2.84. The van der Waals surface area contributed by atoms with Crippen molar-refractivity contribution in [3.05, 3.63) is 0 Å². The molecule has 1 fully saturated rings. The molecule has 0 aromatic rings. The zero-order chi connectivity index (χ0) is 10.6. The van der Waals surface area contributed by atoms with Gasteiger partial charge >= 0.3 is 0 Å². The highest BCUT2D eigenvalue weighted by atomic mass is 16.1. The maximum Gasteiger partial charge on any atom is 0.148 e. The zero-order valence-electron chi connectivity index (χ0n) is 9.42. The zero-order valence-corrected chi connectivity index (χ0v) is 9.42. The molecule has 0 bridgehead atoms. The van der Waals surface area contributed by atoms with Gasteiger partial charge in [-0.05, 0) is 21.0 Å². The van der Waals surface area contributed by atoms with Gasteiger partial charge in [0.2, 0.25) is 0 Å². The fourth-order valence-electron chi connectivity index (χ4n) is 1.71. The van der Waals surface area contributed by atoms with Crippen molar-refractivity contribution in [3.63, 3.8) is 0 Å². The molecule has 82 valence electrons. The van der Waals surface area contributed by atoms with Crippen LogP contribution >= 0.6 is 0 Å². The van der Waals surface area contributed by atoms with Gasteiger partial charge in [0.15, 0.2) is 0 Å². The Morgan fingerprint density at radius 2 is 2.00 bits per heavy atom. The van der Waals surface area contributed by atoms with E-state index in [9.17, 15) is 4.79 Å². The van der Waals surface area contributed by atoms with E-state index in [0.717, 1.165) is 32.7 Å². The summed E-state index contributed by atoms with van der Waals surface area (Å²) in [6, 6.07) is 0.0431. The van der Waals surface area contributed by atoms with Crippen LogP contribution < -0.4 is 5.32 Å². The second-order valence-corrected chi connectivity index (χ2v) is 4.11. The lowest BCUT2D eigenvalue weighted by atomic mass is 10.2. The third kappa shape index (κ3) is 3.36. The second kappa shape index (κ2) is 5.44. The molecule has 0 saturated carbocycles. The van der Waals surface area contributed by atoms with Crippen molar-refractivity contribution in [2.45, 2.75) is 13.0 Å². The standard InChI is InChI=1S/C10H21N3O/c1-9(14)10-8-11-4-5-12(2)6-7-13(10)3/h10-11H,4-8H2,1-3H3. The van der Waals surface area contributed by atoms with E-state index in [1.54, 1.807) is 6.92 Å². The lowest BCUT2D eigenvalue weighted by molar-refractivity contribution is -0.121. The Bertz CT molecular complexity index is 196. The SMILES string of the molecule is CC(=O)C1CNCCN(C)CCN1C. The maximum atomic E-state index is 11.4. The number of rotatable bonds is 1. The quantitative estimate of drug-likeness (QED) is 0.612. The van der Waals surface area contributed by atoms with Gasteiger partial charge in [-0.3, -0.25) is 9.69 Å². The molecule has 0 aromatic carbocycles. The van der Waals surface area contributed by atoms with Crippen molar-refractivity contribution >= 4 is 5.78 Å². The maximum absolute atomic E-state index is 11.4. The summed E-state index contributed by atoms with van der Waals surface area (Å²) >= 11 is 0. The van der Waals surface area contributed by atoms with Crippen LogP contribution in [0.25, 0.3) is 0 Å². The number of hydrogen-bond donors (Lipinski definition) is 1. The number of hydrogen-bond acceptors (Lipinski definition) is 4. The Morgan fingerprint density at radius 3 is 2.64 bits per heavy atom. The van der Waals surface area contributed by atoms with Gasteiger partial charge in [-0.15, -0.1) is 0 Å².